The Morgan fingerprint density at radius 1 is 1.04 bits per heavy atom. The average Bonchev–Trinajstić information content (AvgIpc) is 3.04. The van der Waals surface area contributed by atoms with Crippen LogP contribution in [0.4, 0.5) is 23.2 Å². The maximum Gasteiger partial charge on any atom is 0.416 e. The van der Waals surface area contributed by atoms with Gasteiger partial charge in [-0.1, -0.05) is 12.1 Å². The van der Waals surface area contributed by atoms with E-state index in [2.05, 4.69) is 10.3 Å². The van der Waals surface area contributed by atoms with Crippen LogP contribution in [-0.2, 0) is 17.4 Å². The summed E-state index contributed by atoms with van der Waals surface area (Å²) in [5, 5.41) is 4.83. The predicted molar refractivity (Wildman–Crippen MR) is 91.3 cm³/mol. The van der Waals surface area contributed by atoms with Crippen LogP contribution in [0, 0.1) is 5.82 Å². The third kappa shape index (κ3) is 4.45. The van der Waals surface area contributed by atoms with Crippen LogP contribution in [0.1, 0.15) is 11.3 Å². The van der Waals surface area contributed by atoms with Crippen molar-refractivity contribution in [3.05, 3.63) is 71.0 Å². The van der Waals surface area contributed by atoms with E-state index in [1.165, 1.54) is 47.7 Å². The normalized spacial score (nSPS) is 11.4. The molecular formula is C18H12F4N2OS. The van der Waals surface area contributed by atoms with Crippen molar-refractivity contribution in [1.82, 2.24) is 4.98 Å². The first-order valence-corrected chi connectivity index (χ1v) is 8.37. The minimum Gasteiger partial charge on any atom is -0.326 e. The van der Waals surface area contributed by atoms with E-state index >= 15 is 0 Å². The van der Waals surface area contributed by atoms with E-state index in [-0.39, 0.29) is 12.3 Å². The summed E-state index contributed by atoms with van der Waals surface area (Å²) < 4.78 is 50.6. The Morgan fingerprint density at radius 2 is 1.69 bits per heavy atom. The molecule has 2 aromatic carbocycles. The van der Waals surface area contributed by atoms with Crippen molar-refractivity contribution >= 4 is 22.9 Å². The second kappa shape index (κ2) is 7.25. The molecule has 0 aliphatic carbocycles. The van der Waals surface area contributed by atoms with E-state index in [9.17, 15) is 22.4 Å². The third-order valence-corrected chi connectivity index (χ3v) is 4.42. The second-order valence-electron chi connectivity index (χ2n) is 5.45. The van der Waals surface area contributed by atoms with Gasteiger partial charge < -0.3 is 5.32 Å². The molecule has 3 aromatic rings. The highest BCUT2D eigenvalue weighted by Crippen LogP contribution is 2.31. The minimum absolute atomic E-state index is 0.00844. The Morgan fingerprint density at radius 3 is 2.31 bits per heavy atom. The highest BCUT2D eigenvalue weighted by molar-refractivity contribution is 7.13. The van der Waals surface area contributed by atoms with Crippen LogP contribution in [0.15, 0.2) is 53.9 Å². The van der Waals surface area contributed by atoms with Crippen LogP contribution in [0.2, 0.25) is 0 Å². The molecule has 3 nitrogen and oxygen atoms in total. The van der Waals surface area contributed by atoms with Gasteiger partial charge in [-0.2, -0.15) is 13.2 Å². The summed E-state index contributed by atoms with van der Waals surface area (Å²) in [5.74, 6) is -0.718. The average molecular weight is 380 g/mol. The van der Waals surface area contributed by atoms with Crippen molar-refractivity contribution in [2.24, 2.45) is 0 Å². The van der Waals surface area contributed by atoms with E-state index in [4.69, 9.17) is 0 Å². The summed E-state index contributed by atoms with van der Waals surface area (Å²) in [6, 6.07) is 10.1. The third-order valence-electron chi connectivity index (χ3n) is 3.48. The number of amides is 1. The number of carbonyl (C=O) groups excluding carboxylic acids is 1. The molecule has 0 saturated carbocycles. The molecule has 0 saturated heterocycles. The van der Waals surface area contributed by atoms with Gasteiger partial charge in [-0.15, -0.1) is 11.3 Å². The zero-order chi connectivity index (χ0) is 18.7. The number of nitrogens with zero attached hydrogens (tertiary/aromatic N) is 1. The molecule has 0 aliphatic heterocycles. The van der Waals surface area contributed by atoms with Gasteiger partial charge in [-0.05, 0) is 36.4 Å². The van der Waals surface area contributed by atoms with Crippen LogP contribution in [0.3, 0.4) is 0 Å². The van der Waals surface area contributed by atoms with Gasteiger partial charge in [0.15, 0.2) is 0 Å². The van der Waals surface area contributed by atoms with Crippen LogP contribution >= 0.6 is 11.3 Å². The molecular weight excluding hydrogens is 368 g/mol. The SMILES string of the molecule is O=C(Cc1csc(-c2ccc(C(F)(F)F)cc2)n1)Nc1ccc(F)cc1. The fourth-order valence-electron chi connectivity index (χ4n) is 2.23. The number of anilines is 1. The van der Waals surface area contributed by atoms with Crippen molar-refractivity contribution in [2.45, 2.75) is 12.6 Å². The molecule has 8 heteroatoms. The fourth-order valence-corrected chi connectivity index (χ4v) is 3.05. The predicted octanol–water partition coefficient (Wildman–Crippen LogP) is 5.15. The molecule has 3 rings (SSSR count). The topological polar surface area (TPSA) is 42.0 Å². The van der Waals surface area contributed by atoms with Gasteiger partial charge in [0.25, 0.3) is 0 Å². The van der Waals surface area contributed by atoms with Crippen LogP contribution < -0.4 is 5.32 Å². The first kappa shape index (κ1) is 18.1. The molecule has 1 amide bonds. The van der Waals surface area contributed by atoms with Gasteiger partial charge in [0, 0.05) is 16.6 Å². The smallest absolute Gasteiger partial charge is 0.326 e. The van der Waals surface area contributed by atoms with E-state index < -0.39 is 17.6 Å². The number of benzene rings is 2. The minimum atomic E-state index is -4.38. The molecule has 0 aliphatic rings. The van der Waals surface area contributed by atoms with Crippen LogP contribution in [0.25, 0.3) is 10.6 Å². The van der Waals surface area contributed by atoms with Crippen molar-refractivity contribution in [3.8, 4) is 10.6 Å². The fraction of sp³-hybridized carbons (Fsp3) is 0.111. The quantitative estimate of drug-likeness (QED) is 0.636. The maximum atomic E-state index is 12.8. The Kier molecular flexibility index (Phi) is 5.03. The van der Waals surface area contributed by atoms with Crippen molar-refractivity contribution in [1.29, 1.82) is 0 Å². The lowest BCUT2D eigenvalue weighted by Crippen LogP contribution is -2.14. The Labute approximate surface area is 150 Å². The maximum absolute atomic E-state index is 12.8. The molecule has 1 heterocycles. The van der Waals surface area contributed by atoms with Gasteiger partial charge in [-0.3, -0.25) is 4.79 Å². The van der Waals surface area contributed by atoms with Crippen molar-refractivity contribution < 1.29 is 22.4 Å². The van der Waals surface area contributed by atoms with E-state index in [1.54, 1.807) is 5.38 Å². The number of halogens is 4. The molecule has 0 radical (unpaired) electrons. The number of nitrogens with one attached hydrogen (secondary N) is 1. The lowest BCUT2D eigenvalue weighted by atomic mass is 10.1. The largest absolute Gasteiger partial charge is 0.416 e. The highest BCUT2D eigenvalue weighted by atomic mass is 32.1. The number of hydrogen-bond acceptors (Lipinski definition) is 3. The van der Waals surface area contributed by atoms with E-state index in [1.807, 2.05) is 0 Å². The molecule has 0 atom stereocenters. The summed E-state index contributed by atoms with van der Waals surface area (Å²) in [5.41, 5.74) is 0.795. The molecule has 134 valence electrons. The van der Waals surface area contributed by atoms with Gasteiger partial charge >= 0.3 is 6.18 Å². The monoisotopic (exact) mass is 380 g/mol. The van der Waals surface area contributed by atoms with Crippen molar-refractivity contribution in [2.75, 3.05) is 5.32 Å². The molecule has 1 aromatic heterocycles. The first-order chi connectivity index (χ1) is 12.3. The Bertz CT molecular complexity index is 902. The van der Waals surface area contributed by atoms with E-state index in [0.29, 0.717) is 22.0 Å². The summed E-state index contributed by atoms with van der Waals surface area (Å²) in [4.78, 5) is 16.3. The number of rotatable bonds is 4. The van der Waals surface area contributed by atoms with Crippen molar-refractivity contribution in [3.63, 3.8) is 0 Å². The Balaban J connectivity index is 1.66. The number of hydrogen-bond donors (Lipinski definition) is 1. The van der Waals surface area contributed by atoms with Gasteiger partial charge in [0.2, 0.25) is 5.91 Å². The number of thiazole rings is 1. The summed E-state index contributed by atoms with van der Waals surface area (Å²) in [6.07, 6.45) is -4.38. The molecule has 26 heavy (non-hydrogen) atoms. The zero-order valence-electron chi connectivity index (χ0n) is 13.2. The van der Waals surface area contributed by atoms with Crippen LogP contribution in [0.5, 0.6) is 0 Å². The number of aromatic nitrogens is 1. The molecule has 0 unspecified atom stereocenters. The van der Waals surface area contributed by atoms with Gasteiger partial charge in [0.05, 0.1) is 17.7 Å². The summed E-state index contributed by atoms with van der Waals surface area (Å²) >= 11 is 1.24. The van der Waals surface area contributed by atoms with Gasteiger partial charge in [-0.25, -0.2) is 9.37 Å². The summed E-state index contributed by atoms with van der Waals surface area (Å²) in [7, 11) is 0. The lowest BCUT2D eigenvalue weighted by molar-refractivity contribution is -0.137. The van der Waals surface area contributed by atoms with Crippen LogP contribution in [-0.4, -0.2) is 10.9 Å². The molecule has 0 bridgehead atoms. The van der Waals surface area contributed by atoms with Gasteiger partial charge in [0.1, 0.15) is 10.8 Å². The first-order valence-electron chi connectivity index (χ1n) is 7.49. The van der Waals surface area contributed by atoms with E-state index in [0.717, 1.165) is 12.1 Å². The second-order valence-corrected chi connectivity index (χ2v) is 6.31. The molecule has 1 N–H and O–H groups in total. The lowest BCUT2D eigenvalue weighted by Gasteiger charge is -2.06. The highest BCUT2D eigenvalue weighted by Gasteiger charge is 2.30. The number of carbonyl (C=O) groups is 1. The molecule has 0 fully saturated rings. The zero-order valence-corrected chi connectivity index (χ0v) is 14.0. The Hall–Kier alpha value is -2.74. The number of alkyl halides is 3. The standard InChI is InChI=1S/C18H12F4N2OS/c19-13-5-7-14(8-6-13)23-16(25)9-15-10-26-17(24-15)11-1-3-12(4-2-11)18(20,21)22/h1-8,10H,9H2,(H,23,25). The molecule has 0 spiro atoms. The summed E-state index contributed by atoms with van der Waals surface area (Å²) in [6.45, 7) is 0.